The van der Waals surface area contributed by atoms with Crippen LogP contribution in [0, 0.1) is 0 Å². The fraction of sp³-hybridized carbons (Fsp3) is 0.375. The van der Waals surface area contributed by atoms with Gasteiger partial charge in [0.1, 0.15) is 5.75 Å². The molecular weight excluding hydrogens is 302 g/mol. The second-order valence-corrected chi connectivity index (χ2v) is 5.82. The third kappa shape index (κ3) is 3.28. The SMILES string of the molecule is Brc1c(OCCCNC2CC2)ccc2ccccc12. The normalized spacial score (nSPS) is 14.8. The summed E-state index contributed by atoms with van der Waals surface area (Å²) in [5, 5.41) is 5.93. The van der Waals surface area contributed by atoms with Crippen LogP contribution in [0.5, 0.6) is 5.75 Å². The molecule has 0 aromatic heterocycles. The van der Waals surface area contributed by atoms with E-state index in [2.05, 4.69) is 51.6 Å². The predicted molar refractivity (Wildman–Crippen MR) is 82.8 cm³/mol. The Hall–Kier alpha value is -1.06. The molecule has 0 bridgehead atoms. The van der Waals surface area contributed by atoms with Crippen molar-refractivity contribution < 1.29 is 4.74 Å². The molecule has 0 heterocycles. The second kappa shape index (κ2) is 5.93. The molecule has 3 heteroatoms. The third-order valence-corrected chi connectivity index (χ3v) is 4.23. The summed E-state index contributed by atoms with van der Waals surface area (Å²) in [6.45, 7) is 1.81. The van der Waals surface area contributed by atoms with E-state index in [1.807, 2.05) is 6.07 Å². The molecule has 3 rings (SSSR count). The zero-order valence-electron chi connectivity index (χ0n) is 10.9. The van der Waals surface area contributed by atoms with Crippen molar-refractivity contribution in [2.75, 3.05) is 13.2 Å². The molecule has 1 fully saturated rings. The number of fused-ring (bicyclic) bond motifs is 1. The fourth-order valence-corrected chi connectivity index (χ4v) is 2.78. The molecule has 1 aliphatic carbocycles. The number of hydrogen-bond acceptors (Lipinski definition) is 2. The summed E-state index contributed by atoms with van der Waals surface area (Å²) >= 11 is 3.64. The molecule has 2 aromatic carbocycles. The molecule has 0 saturated heterocycles. The van der Waals surface area contributed by atoms with Crippen LogP contribution in [0.3, 0.4) is 0 Å². The molecule has 1 saturated carbocycles. The highest BCUT2D eigenvalue weighted by Crippen LogP contribution is 2.33. The Balaban J connectivity index is 1.58. The van der Waals surface area contributed by atoms with E-state index in [1.165, 1.54) is 23.6 Å². The van der Waals surface area contributed by atoms with Crippen molar-refractivity contribution in [1.29, 1.82) is 0 Å². The number of benzene rings is 2. The largest absolute Gasteiger partial charge is 0.492 e. The van der Waals surface area contributed by atoms with Crippen LogP contribution in [0.15, 0.2) is 40.9 Å². The van der Waals surface area contributed by atoms with E-state index in [0.29, 0.717) is 0 Å². The quantitative estimate of drug-likeness (QED) is 0.808. The van der Waals surface area contributed by atoms with Gasteiger partial charge in [0.25, 0.3) is 0 Å². The van der Waals surface area contributed by atoms with Crippen molar-refractivity contribution in [3.05, 3.63) is 40.9 Å². The minimum absolute atomic E-state index is 0.761. The Bertz CT molecular complexity index is 566. The lowest BCUT2D eigenvalue weighted by Crippen LogP contribution is -2.19. The van der Waals surface area contributed by atoms with Gasteiger partial charge in [0, 0.05) is 6.04 Å². The molecule has 100 valence electrons. The minimum Gasteiger partial charge on any atom is -0.492 e. The van der Waals surface area contributed by atoms with E-state index in [9.17, 15) is 0 Å². The van der Waals surface area contributed by atoms with E-state index >= 15 is 0 Å². The summed E-state index contributed by atoms with van der Waals surface area (Å²) < 4.78 is 6.92. The number of rotatable bonds is 6. The Labute approximate surface area is 122 Å². The van der Waals surface area contributed by atoms with Crippen molar-refractivity contribution in [3.8, 4) is 5.75 Å². The summed E-state index contributed by atoms with van der Waals surface area (Å²) in [4.78, 5) is 0. The molecule has 0 spiro atoms. The maximum absolute atomic E-state index is 5.86. The molecule has 0 unspecified atom stereocenters. The van der Waals surface area contributed by atoms with Gasteiger partial charge < -0.3 is 10.1 Å². The van der Waals surface area contributed by atoms with Crippen molar-refractivity contribution in [3.63, 3.8) is 0 Å². The molecule has 1 aliphatic rings. The van der Waals surface area contributed by atoms with Crippen LogP contribution in [-0.4, -0.2) is 19.2 Å². The fourth-order valence-electron chi connectivity index (χ4n) is 2.17. The molecule has 0 radical (unpaired) electrons. The summed E-state index contributed by atoms with van der Waals surface area (Å²) in [7, 11) is 0. The summed E-state index contributed by atoms with van der Waals surface area (Å²) in [6, 6.07) is 13.3. The summed E-state index contributed by atoms with van der Waals surface area (Å²) in [6.07, 6.45) is 3.74. The first-order chi connectivity index (χ1) is 9.34. The van der Waals surface area contributed by atoms with Crippen LogP contribution in [-0.2, 0) is 0 Å². The van der Waals surface area contributed by atoms with Gasteiger partial charge in [-0.25, -0.2) is 0 Å². The zero-order chi connectivity index (χ0) is 13.1. The molecule has 0 amide bonds. The first kappa shape index (κ1) is 12.9. The van der Waals surface area contributed by atoms with Gasteiger partial charge in [0.05, 0.1) is 11.1 Å². The highest BCUT2D eigenvalue weighted by molar-refractivity contribution is 9.10. The van der Waals surface area contributed by atoms with Crippen LogP contribution < -0.4 is 10.1 Å². The van der Waals surface area contributed by atoms with Crippen LogP contribution in [0.1, 0.15) is 19.3 Å². The van der Waals surface area contributed by atoms with Gasteiger partial charge in [-0.1, -0.05) is 30.3 Å². The molecule has 1 N–H and O–H groups in total. The van der Waals surface area contributed by atoms with Crippen LogP contribution in [0.4, 0.5) is 0 Å². The average molecular weight is 320 g/mol. The second-order valence-electron chi connectivity index (χ2n) is 5.03. The van der Waals surface area contributed by atoms with Crippen LogP contribution in [0.25, 0.3) is 10.8 Å². The van der Waals surface area contributed by atoms with Crippen molar-refractivity contribution in [1.82, 2.24) is 5.32 Å². The highest BCUT2D eigenvalue weighted by atomic mass is 79.9. The molecule has 19 heavy (non-hydrogen) atoms. The Morgan fingerprint density at radius 3 is 2.84 bits per heavy atom. The van der Waals surface area contributed by atoms with Gasteiger partial charge in [-0.05, 0) is 58.6 Å². The van der Waals surface area contributed by atoms with E-state index in [4.69, 9.17) is 4.74 Å². The van der Waals surface area contributed by atoms with Gasteiger partial charge in [-0.15, -0.1) is 0 Å². The standard InChI is InChI=1S/C16H18BrNO/c17-16-14-5-2-1-4-12(14)6-9-15(16)19-11-3-10-18-13-7-8-13/h1-2,4-6,9,13,18H,3,7-8,10-11H2. The van der Waals surface area contributed by atoms with Gasteiger partial charge >= 0.3 is 0 Å². The number of halogens is 1. The molecule has 0 atom stereocenters. The number of ether oxygens (including phenoxy) is 1. The predicted octanol–water partition coefficient (Wildman–Crippen LogP) is 4.12. The first-order valence-electron chi connectivity index (χ1n) is 6.88. The highest BCUT2D eigenvalue weighted by Gasteiger charge is 2.19. The van der Waals surface area contributed by atoms with Gasteiger partial charge in [-0.2, -0.15) is 0 Å². The molecule has 2 aromatic rings. The Morgan fingerprint density at radius 1 is 1.16 bits per heavy atom. The monoisotopic (exact) mass is 319 g/mol. The van der Waals surface area contributed by atoms with Gasteiger partial charge in [0.2, 0.25) is 0 Å². The van der Waals surface area contributed by atoms with E-state index in [1.54, 1.807) is 0 Å². The van der Waals surface area contributed by atoms with Gasteiger partial charge in [0.15, 0.2) is 0 Å². The maximum Gasteiger partial charge on any atom is 0.134 e. The average Bonchev–Trinajstić information content (AvgIpc) is 3.25. The number of hydrogen-bond donors (Lipinski definition) is 1. The molecule has 0 aliphatic heterocycles. The lowest BCUT2D eigenvalue weighted by molar-refractivity contribution is 0.306. The Morgan fingerprint density at radius 2 is 2.00 bits per heavy atom. The molecular formula is C16H18BrNO. The van der Waals surface area contributed by atoms with Crippen molar-refractivity contribution in [2.24, 2.45) is 0 Å². The lowest BCUT2D eigenvalue weighted by atomic mass is 10.1. The van der Waals surface area contributed by atoms with Crippen molar-refractivity contribution in [2.45, 2.75) is 25.3 Å². The lowest BCUT2D eigenvalue weighted by Gasteiger charge is -2.10. The Kier molecular flexibility index (Phi) is 4.04. The van der Waals surface area contributed by atoms with E-state index in [0.717, 1.165) is 35.8 Å². The smallest absolute Gasteiger partial charge is 0.134 e. The number of nitrogens with one attached hydrogen (secondary N) is 1. The third-order valence-electron chi connectivity index (χ3n) is 3.42. The van der Waals surface area contributed by atoms with Crippen LogP contribution >= 0.6 is 15.9 Å². The van der Waals surface area contributed by atoms with Crippen LogP contribution in [0.2, 0.25) is 0 Å². The van der Waals surface area contributed by atoms with Crippen molar-refractivity contribution >= 4 is 26.7 Å². The summed E-state index contributed by atoms with van der Waals surface area (Å²) in [5.74, 6) is 0.935. The topological polar surface area (TPSA) is 21.3 Å². The van der Waals surface area contributed by atoms with E-state index in [-0.39, 0.29) is 0 Å². The minimum atomic E-state index is 0.761. The first-order valence-corrected chi connectivity index (χ1v) is 7.67. The van der Waals surface area contributed by atoms with E-state index < -0.39 is 0 Å². The maximum atomic E-state index is 5.86. The van der Waals surface area contributed by atoms with Gasteiger partial charge in [-0.3, -0.25) is 0 Å². The molecule has 2 nitrogen and oxygen atoms in total. The summed E-state index contributed by atoms with van der Waals surface area (Å²) in [5.41, 5.74) is 0. The zero-order valence-corrected chi connectivity index (χ0v) is 12.4.